The molecule has 2 nitrogen and oxygen atoms in total. The summed E-state index contributed by atoms with van der Waals surface area (Å²) < 4.78 is 0.708. The summed E-state index contributed by atoms with van der Waals surface area (Å²) in [7, 11) is 0. The minimum atomic E-state index is -0.0948. The molecule has 1 N–H and O–H groups in total. The first kappa shape index (κ1) is 15.0. The van der Waals surface area contributed by atoms with E-state index in [2.05, 4.69) is 51.0 Å². The molecule has 94 valence electrons. The van der Waals surface area contributed by atoms with Gasteiger partial charge in [-0.1, -0.05) is 41.4 Å². The Morgan fingerprint density at radius 3 is 2.65 bits per heavy atom. The lowest BCUT2D eigenvalue weighted by molar-refractivity contribution is 0.0939. The van der Waals surface area contributed by atoms with E-state index in [1.54, 1.807) is 18.2 Å². The molecule has 5 heteroatoms. The average molecular weight is 384 g/mol. The Bertz CT molecular complexity index is 421. The largest absolute Gasteiger partial charge is 0.351 e. The first-order valence-corrected chi connectivity index (χ1v) is 7.44. The smallest absolute Gasteiger partial charge is 0.252 e. The fourth-order valence-corrected chi connectivity index (χ4v) is 2.20. The Balaban J connectivity index is 2.71. The summed E-state index contributed by atoms with van der Waals surface area (Å²) in [5.41, 5.74) is 0.633. The number of carbonyl (C=O) groups excluding carboxylic acids is 1. The zero-order valence-corrected chi connectivity index (χ0v) is 13.6. The minimum absolute atomic E-state index is 0.0363. The van der Waals surface area contributed by atoms with Gasteiger partial charge >= 0.3 is 0 Å². The van der Waals surface area contributed by atoms with E-state index in [0.717, 1.165) is 5.33 Å². The molecule has 0 unspecified atom stereocenters. The van der Waals surface area contributed by atoms with Crippen LogP contribution in [-0.4, -0.2) is 17.8 Å². The van der Waals surface area contributed by atoms with E-state index in [-0.39, 0.29) is 11.3 Å². The van der Waals surface area contributed by atoms with Crippen LogP contribution in [0, 0.1) is 5.41 Å². The topological polar surface area (TPSA) is 29.1 Å². The van der Waals surface area contributed by atoms with Crippen molar-refractivity contribution in [1.29, 1.82) is 0 Å². The molecule has 0 fully saturated rings. The third-order valence-corrected chi connectivity index (χ3v) is 4.67. The zero-order valence-electron chi connectivity index (χ0n) is 9.69. The molecule has 0 radical (unpaired) electrons. The van der Waals surface area contributed by atoms with Crippen molar-refractivity contribution >= 4 is 49.4 Å². The Morgan fingerprint density at radius 2 is 2.12 bits per heavy atom. The van der Waals surface area contributed by atoms with Gasteiger partial charge in [0.25, 0.3) is 5.91 Å². The van der Waals surface area contributed by atoms with Crippen molar-refractivity contribution in [3.05, 3.63) is 33.3 Å². The van der Waals surface area contributed by atoms with Gasteiger partial charge in [-0.2, -0.15) is 0 Å². The van der Waals surface area contributed by atoms with Gasteiger partial charge in [0.15, 0.2) is 0 Å². The maximum atomic E-state index is 11.9. The second-order valence-electron chi connectivity index (χ2n) is 4.60. The van der Waals surface area contributed by atoms with Crippen molar-refractivity contribution in [2.24, 2.45) is 5.41 Å². The fraction of sp³-hybridized carbons (Fsp3) is 0.417. The summed E-state index contributed by atoms with van der Waals surface area (Å²) in [6.45, 7) is 4.78. The van der Waals surface area contributed by atoms with Crippen LogP contribution in [0.25, 0.3) is 0 Å². The first-order valence-electron chi connectivity index (χ1n) is 5.15. The lowest BCUT2D eigenvalue weighted by Crippen LogP contribution is -2.35. The molecule has 0 saturated carbocycles. The van der Waals surface area contributed by atoms with Gasteiger partial charge in [-0.15, -0.1) is 0 Å². The molecule has 0 bridgehead atoms. The van der Waals surface area contributed by atoms with Crippen molar-refractivity contribution in [3.8, 4) is 0 Å². The maximum Gasteiger partial charge on any atom is 0.252 e. The highest BCUT2D eigenvalue weighted by molar-refractivity contribution is 9.10. The van der Waals surface area contributed by atoms with Gasteiger partial charge in [0.05, 0.1) is 5.56 Å². The zero-order chi connectivity index (χ0) is 13.1. The van der Waals surface area contributed by atoms with Crippen LogP contribution in [-0.2, 0) is 0 Å². The first-order chi connectivity index (χ1) is 7.85. The molecular formula is C12H14Br2ClNO. The van der Waals surface area contributed by atoms with Crippen LogP contribution in [0.2, 0.25) is 5.02 Å². The van der Waals surface area contributed by atoms with Crippen molar-refractivity contribution in [3.63, 3.8) is 0 Å². The Kier molecular flexibility index (Phi) is 5.48. The number of rotatable bonds is 4. The van der Waals surface area contributed by atoms with Crippen molar-refractivity contribution in [2.45, 2.75) is 13.8 Å². The Morgan fingerprint density at radius 1 is 1.47 bits per heavy atom. The average Bonchev–Trinajstić information content (AvgIpc) is 2.26. The van der Waals surface area contributed by atoms with Gasteiger partial charge in [-0.05, 0) is 39.5 Å². The monoisotopic (exact) mass is 381 g/mol. The minimum Gasteiger partial charge on any atom is -0.351 e. The number of hydrogen-bond donors (Lipinski definition) is 1. The predicted molar refractivity (Wildman–Crippen MR) is 79.1 cm³/mol. The molecule has 0 atom stereocenters. The molecule has 0 saturated heterocycles. The van der Waals surface area contributed by atoms with Crippen molar-refractivity contribution < 1.29 is 4.79 Å². The molecule has 0 spiro atoms. The number of nitrogens with one attached hydrogen (secondary N) is 1. The Hall–Kier alpha value is -0.0600. The standard InChI is InChI=1S/C12H14Br2ClNO/c1-12(2,6-13)7-16-11(17)9-4-3-8(15)5-10(9)14/h3-5H,6-7H2,1-2H3,(H,16,17). The second-order valence-corrected chi connectivity index (χ2v) is 6.46. The van der Waals surface area contributed by atoms with Gasteiger partial charge in [0.1, 0.15) is 0 Å². The van der Waals surface area contributed by atoms with Gasteiger partial charge in [-0.3, -0.25) is 4.79 Å². The molecule has 0 aliphatic heterocycles. The second kappa shape index (κ2) is 6.21. The van der Waals surface area contributed by atoms with E-state index in [0.29, 0.717) is 21.6 Å². The van der Waals surface area contributed by atoms with Gasteiger partial charge < -0.3 is 5.32 Å². The van der Waals surface area contributed by atoms with Gasteiger partial charge in [0, 0.05) is 21.4 Å². The van der Waals surface area contributed by atoms with Crippen LogP contribution in [0.15, 0.2) is 22.7 Å². The summed E-state index contributed by atoms with van der Waals surface area (Å²) in [6, 6.07) is 5.13. The number of alkyl halides is 1. The quantitative estimate of drug-likeness (QED) is 0.774. The molecular weight excluding hydrogens is 369 g/mol. The maximum absolute atomic E-state index is 11.9. The third kappa shape index (κ3) is 4.60. The number of hydrogen-bond acceptors (Lipinski definition) is 1. The summed E-state index contributed by atoms with van der Waals surface area (Å²) in [5.74, 6) is -0.0948. The molecule has 1 aromatic rings. The van der Waals surface area contributed by atoms with E-state index in [1.807, 2.05) is 0 Å². The summed E-state index contributed by atoms with van der Waals surface area (Å²) in [5, 5.41) is 4.35. The molecule has 0 aromatic heterocycles. The van der Waals surface area contributed by atoms with Crippen LogP contribution >= 0.6 is 43.5 Å². The number of carbonyl (C=O) groups is 1. The molecule has 1 rings (SSSR count). The Labute approximate surface area is 123 Å². The SMILES string of the molecule is CC(C)(CBr)CNC(=O)c1ccc(Cl)cc1Br. The van der Waals surface area contributed by atoms with E-state index in [9.17, 15) is 4.79 Å². The van der Waals surface area contributed by atoms with Crippen LogP contribution in [0.5, 0.6) is 0 Å². The molecule has 17 heavy (non-hydrogen) atoms. The highest BCUT2D eigenvalue weighted by Gasteiger charge is 2.18. The van der Waals surface area contributed by atoms with Crippen LogP contribution in [0.4, 0.5) is 0 Å². The molecule has 1 aromatic carbocycles. The number of amides is 1. The van der Waals surface area contributed by atoms with E-state index in [4.69, 9.17) is 11.6 Å². The summed E-state index contributed by atoms with van der Waals surface area (Å²) >= 11 is 12.6. The van der Waals surface area contributed by atoms with Crippen LogP contribution < -0.4 is 5.32 Å². The van der Waals surface area contributed by atoms with E-state index >= 15 is 0 Å². The number of benzene rings is 1. The van der Waals surface area contributed by atoms with Crippen LogP contribution in [0.1, 0.15) is 24.2 Å². The molecule has 1 amide bonds. The lowest BCUT2D eigenvalue weighted by atomic mass is 9.97. The third-order valence-electron chi connectivity index (χ3n) is 2.27. The van der Waals surface area contributed by atoms with E-state index in [1.165, 1.54) is 0 Å². The molecule has 0 aliphatic carbocycles. The van der Waals surface area contributed by atoms with Crippen molar-refractivity contribution in [2.75, 3.05) is 11.9 Å². The highest BCUT2D eigenvalue weighted by atomic mass is 79.9. The normalized spacial score (nSPS) is 11.4. The molecule has 0 aliphatic rings. The summed E-state index contributed by atoms with van der Waals surface area (Å²) in [4.78, 5) is 11.9. The fourth-order valence-electron chi connectivity index (χ4n) is 1.14. The van der Waals surface area contributed by atoms with Crippen molar-refractivity contribution in [1.82, 2.24) is 5.32 Å². The number of halogens is 3. The van der Waals surface area contributed by atoms with Gasteiger partial charge in [0.2, 0.25) is 0 Å². The van der Waals surface area contributed by atoms with Gasteiger partial charge in [-0.25, -0.2) is 0 Å². The highest BCUT2D eigenvalue weighted by Crippen LogP contribution is 2.22. The summed E-state index contributed by atoms with van der Waals surface area (Å²) in [6.07, 6.45) is 0. The molecule has 0 heterocycles. The van der Waals surface area contributed by atoms with Crippen LogP contribution in [0.3, 0.4) is 0 Å². The predicted octanol–water partition coefficient (Wildman–Crippen LogP) is 4.25. The van der Waals surface area contributed by atoms with E-state index < -0.39 is 0 Å². The lowest BCUT2D eigenvalue weighted by Gasteiger charge is -2.22.